The van der Waals surface area contributed by atoms with Crippen LogP contribution in [0.4, 0.5) is 4.39 Å². The number of nitrogens with one attached hydrogen (secondary N) is 1. The van der Waals surface area contributed by atoms with Crippen LogP contribution >= 0.6 is 0 Å². The third-order valence-corrected chi connectivity index (χ3v) is 7.77. The summed E-state index contributed by atoms with van der Waals surface area (Å²) in [6.07, 6.45) is 3.76. The zero-order valence-corrected chi connectivity index (χ0v) is 20.3. The van der Waals surface area contributed by atoms with Crippen LogP contribution in [-0.4, -0.2) is 50.6 Å². The van der Waals surface area contributed by atoms with Gasteiger partial charge in [-0.3, -0.25) is 13.8 Å². The number of rotatable bonds is 13. The van der Waals surface area contributed by atoms with Gasteiger partial charge >= 0.3 is 0 Å². The number of aryl methyl sites for hydroxylation is 1. The van der Waals surface area contributed by atoms with Crippen molar-refractivity contribution in [1.29, 1.82) is 0 Å². The summed E-state index contributed by atoms with van der Waals surface area (Å²) in [6.45, 7) is 1.87. The molecule has 4 atom stereocenters. The molecule has 34 heavy (non-hydrogen) atoms. The molecule has 184 valence electrons. The number of hydrogen-bond acceptors (Lipinski definition) is 4. The average molecular weight is 489 g/mol. The second kappa shape index (κ2) is 12.8. The minimum absolute atomic E-state index is 0.155. The topological polar surface area (TPSA) is 86.7 Å². The first-order chi connectivity index (χ1) is 16.4. The van der Waals surface area contributed by atoms with Gasteiger partial charge in [-0.05, 0) is 49.4 Å². The highest BCUT2D eigenvalue weighted by atomic mass is 32.2. The summed E-state index contributed by atoms with van der Waals surface area (Å²) in [6, 6.07) is 15.9. The number of carbonyl (C=O) groups excluding carboxylic acids is 2. The lowest BCUT2D eigenvalue weighted by Gasteiger charge is -2.47. The Labute approximate surface area is 203 Å². The molecule has 0 bridgehead atoms. The highest BCUT2D eigenvalue weighted by Crippen LogP contribution is 2.33. The van der Waals surface area contributed by atoms with E-state index in [1.165, 1.54) is 24.0 Å². The number of nitrogens with zero attached hydrogens (tertiary/aromatic N) is 1. The van der Waals surface area contributed by atoms with Crippen LogP contribution in [0.3, 0.4) is 0 Å². The molecule has 3 rings (SSSR count). The van der Waals surface area contributed by atoms with Crippen molar-refractivity contribution in [2.75, 3.05) is 13.1 Å². The number of hydrogen-bond donors (Lipinski definition) is 2. The van der Waals surface area contributed by atoms with E-state index in [0.717, 1.165) is 43.2 Å². The summed E-state index contributed by atoms with van der Waals surface area (Å²) in [5.41, 5.74) is 2.00. The van der Waals surface area contributed by atoms with E-state index >= 15 is 0 Å². The molecular formula is C26H33FN2O4S. The van der Waals surface area contributed by atoms with E-state index in [-0.39, 0.29) is 29.9 Å². The van der Waals surface area contributed by atoms with E-state index in [9.17, 15) is 23.3 Å². The van der Waals surface area contributed by atoms with E-state index in [0.29, 0.717) is 6.54 Å². The molecular weight excluding hydrogens is 455 g/mol. The lowest BCUT2D eigenvalue weighted by molar-refractivity contribution is -0.159. The maximum absolute atomic E-state index is 13.0. The molecule has 1 aliphatic heterocycles. The standard InChI is InChI=1S/C26H33FN2O4S/c1-19(30)24-25(32)29(26(24)34(33)18-21-10-6-4-7-11-21)17-23(31)28-16-8-3-2-5-9-20-12-14-22(27)15-13-20/h4,6-7,10-15,19,24,26,30H,2-3,5,8-9,16-18H2,1H3,(H,28,31)/t19-,24+,26-,34?/m1/s1. The summed E-state index contributed by atoms with van der Waals surface area (Å²) in [4.78, 5) is 26.2. The molecule has 0 radical (unpaired) electrons. The molecule has 1 unspecified atom stereocenters. The first-order valence-corrected chi connectivity index (χ1v) is 13.2. The molecule has 0 aliphatic carbocycles. The summed E-state index contributed by atoms with van der Waals surface area (Å²) in [5.74, 6) is -1.34. The summed E-state index contributed by atoms with van der Waals surface area (Å²) < 4.78 is 25.9. The van der Waals surface area contributed by atoms with Crippen molar-refractivity contribution >= 4 is 22.6 Å². The van der Waals surface area contributed by atoms with Crippen molar-refractivity contribution in [3.05, 3.63) is 71.5 Å². The fraction of sp³-hybridized carbons (Fsp3) is 0.462. The molecule has 2 aromatic rings. The van der Waals surface area contributed by atoms with Crippen molar-refractivity contribution < 1.29 is 23.3 Å². The molecule has 2 amide bonds. The number of carbonyl (C=O) groups is 2. The lowest BCUT2D eigenvalue weighted by atomic mass is 9.93. The van der Waals surface area contributed by atoms with Gasteiger partial charge in [-0.15, -0.1) is 0 Å². The van der Waals surface area contributed by atoms with Gasteiger partial charge in [0.15, 0.2) is 0 Å². The Hall–Kier alpha value is -2.58. The number of unbranched alkanes of at least 4 members (excludes halogenated alkanes) is 3. The number of halogens is 1. The number of aliphatic hydroxyl groups excluding tert-OH is 1. The Morgan fingerprint density at radius 3 is 2.41 bits per heavy atom. The quantitative estimate of drug-likeness (QED) is 0.335. The van der Waals surface area contributed by atoms with Gasteiger partial charge in [-0.2, -0.15) is 0 Å². The van der Waals surface area contributed by atoms with E-state index in [1.807, 2.05) is 30.3 Å². The second-order valence-electron chi connectivity index (χ2n) is 8.77. The molecule has 2 N–H and O–H groups in total. The van der Waals surface area contributed by atoms with Crippen LogP contribution in [0.1, 0.15) is 43.7 Å². The molecule has 2 aromatic carbocycles. The normalized spacial score (nSPS) is 19.4. The highest BCUT2D eigenvalue weighted by molar-refractivity contribution is 7.85. The second-order valence-corrected chi connectivity index (χ2v) is 10.3. The Bertz CT molecular complexity index is 969. The zero-order chi connectivity index (χ0) is 24.5. The van der Waals surface area contributed by atoms with Gasteiger partial charge in [0.05, 0.1) is 17.8 Å². The van der Waals surface area contributed by atoms with Gasteiger partial charge in [0.1, 0.15) is 17.7 Å². The predicted octanol–water partition coefficient (Wildman–Crippen LogP) is 3.16. The van der Waals surface area contributed by atoms with E-state index < -0.39 is 28.2 Å². The van der Waals surface area contributed by atoms with Crippen molar-refractivity contribution in [1.82, 2.24) is 10.2 Å². The summed E-state index contributed by atoms with van der Waals surface area (Å²) in [7, 11) is -1.43. The molecule has 1 saturated heterocycles. The van der Waals surface area contributed by atoms with E-state index in [1.54, 1.807) is 12.1 Å². The van der Waals surface area contributed by atoms with Gasteiger partial charge in [-0.1, -0.05) is 55.3 Å². The minimum Gasteiger partial charge on any atom is -0.392 e. The first kappa shape index (κ1) is 26.0. The zero-order valence-electron chi connectivity index (χ0n) is 19.5. The Morgan fingerprint density at radius 2 is 1.74 bits per heavy atom. The molecule has 0 saturated carbocycles. The Balaban J connectivity index is 1.38. The van der Waals surface area contributed by atoms with Crippen LogP contribution in [0, 0.1) is 11.7 Å². The monoisotopic (exact) mass is 488 g/mol. The van der Waals surface area contributed by atoms with E-state index in [2.05, 4.69) is 5.32 Å². The molecule has 8 heteroatoms. The third-order valence-electron chi connectivity index (χ3n) is 6.07. The lowest BCUT2D eigenvalue weighted by Crippen LogP contribution is -2.67. The maximum Gasteiger partial charge on any atom is 0.239 e. The van der Waals surface area contributed by atoms with Crippen LogP contribution in [0.15, 0.2) is 54.6 Å². The van der Waals surface area contributed by atoms with Crippen molar-refractivity contribution in [2.45, 2.75) is 56.3 Å². The average Bonchev–Trinajstić information content (AvgIpc) is 2.81. The smallest absolute Gasteiger partial charge is 0.239 e. The number of aliphatic hydroxyl groups is 1. The summed E-state index contributed by atoms with van der Waals surface area (Å²) >= 11 is 0. The molecule has 0 spiro atoms. The SMILES string of the molecule is C[C@@H](O)[C@H]1C(=O)N(CC(=O)NCCCCCCc2ccc(F)cc2)[C@@H]1S(=O)Cc1ccccc1. The predicted molar refractivity (Wildman–Crippen MR) is 131 cm³/mol. The third kappa shape index (κ3) is 7.21. The fourth-order valence-electron chi connectivity index (χ4n) is 4.19. The van der Waals surface area contributed by atoms with Crippen molar-refractivity contribution in [3.63, 3.8) is 0 Å². The summed E-state index contributed by atoms with van der Waals surface area (Å²) in [5, 5.41) is 12.2. The molecule has 6 nitrogen and oxygen atoms in total. The molecule has 1 heterocycles. The Morgan fingerprint density at radius 1 is 1.06 bits per heavy atom. The van der Waals surface area contributed by atoms with Gasteiger partial charge in [0.2, 0.25) is 11.8 Å². The maximum atomic E-state index is 13.0. The Kier molecular flexibility index (Phi) is 9.77. The molecule has 1 aliphatic rings. The molecule has 1 fully saturated rings. The number of likely N-dealkylation sites (tertiary alicyclic amines) is 1. The number of amides is 2. The number of benzene rings is 2. The van der Waals surface area contributed by atoms with E-state index in [4.69, 9.17) is 0 Å². The van der Waals surface area contributed by atoms with Crippen LogP contribution in [0.5, 0.6) is 0 Å². The van der Waals surface area contributed by atoms with Crippen LogP contribution < -0.4 is 5.32 Å². The van der Waals surface area contributed by atoms with Gasteiger partial charge in [0, 0.05) is 17.3 Å². The van der Waals surface area contributed by atoms with Crippen LogP contribution in [0.2, 0.25) is 0 Å². The number of β-lactam (4-membered cyclic amide) rings is 1. The van der Waals surface area contributed by atoms with Gasteiger partial charge < -0.3 is 15.3 Å². The highest BCUT2D eigenvalue weighted by Gasteiger charge is 2.53. The molecule has 0 aromatic heterocycles. The van der Waals surface area contributed by atoms with Crippen LogP contribution in [-0.2, 0) is 32.6 Å². The van der Waals surface area contributed by atoms with Crippen molar-refractivity contribution in [3.8, 4) is 0 Å². The first-order valence-electron chi connectivity index (χ1n) is 11.8. The fourth-order valence-corrected chi connectivity index (χ4v) is 6.01. The van der Waals surface area contributed by atoms with Gasteiger partial charge in [0.25, 0.3) is 0 Å². The van der Waals surface area contributed by atoms with Crippen LogP contribution in [0.25, 0.3) is 0 Å². The van der Waals surface area contributed by atoms with Crippen molar-refractivity contribution in [2.24, 2.45) is 5.92 Å². The van der Waals surface area contributed by atoms with Gasteiger partial charge in [-0.25, -0.2) is 4.39 Å². The minimum atomic E-state index is -1.43. The largest absolute Gasteiger partial charge is 0.392 e.